The Kier molecular flexibility index (Phi) is 4.04. The minimum atomic E-state index is -0.469. The van der Waals surface area contributed by atoms with Gasteiger partial charge in [-0.1, -0.05) is 0 Å². The lowest BCUT2D eigenvalue weighted by atomic mass is 10.0. The molecule has 0 spiro atoms. The fourth-order valence-corrected chi connectivity index (χ4v) is 2.23. The lowest BCUT2D eigenvalue weighted by Crippen LogP contribution is -2.07. The summed E-state index contributed by atoms with van der Waals surface area (Å²) in [6.45, 7) is 0. The van der Waals surface area contributed by atoms with Crippen molar-refractivity contribution in [1.29, 1.82) is 0 Å². The Hall–Kier alpha value is -1.63. The molecular weight excluding hydrogens is 360 g/mol. The molecule has 2 aromatic carbocycles. The topological polar surface area (TPSA) is 52.3 Å². The minimum Gasteiger partial charge on any atom is -0.496 e. The first-order valence-electron chi connectivity index (χ1n) is 5.46. The van der Waals surface area contributed by atoms with Crippen LogP contribution in [0.25, 0.3) is 0 Å². The summed E-state index contributed by atoms with van der Waals surface area (Å²) in [6, 6.07) is 8.99. The zero-order valence-corrected chi connectivity index (χ0v) is 12.3. The monoisotopic (exact) mass is 371 g/mol. The third-order valence-corrected chi connectivity index (χ3v) is 3.34. The molecule has 3 nitrogen and oxygen atoms in total. The molecule has 0 fully saturated rings. The number of benzene rings is 2. The Labute approximate surface area is 123 Å². The van der Waals surface area contributed by atoms with Crippen LogP contribution in [-0.4, -0.2) is 12.9 Å². The Morgan fingerprint density at radius 3 is 2.58 bits per heavy atom. The van der Waals surface area contributed by atoms with Crippen LogP contribution in [0, 0.1) is 9.39 Å². The first kappa shape index (κ1) is 13.8. The Morgan fingerprint density at radius 1 is 1.21 bits per heavy atom. The summed E-state index contributed by atoms with van der Waals surface area (Å²) < 4.78 is 19.1. The highest BCUT2D eigenvalue weighted by Crippen LogP contribution is 2.26. The van der Waals surface area contributed by atoms with Gasteiger partial charge in [0.1, 0.15) is 11.6 Å². The van der Waals surface area contributed by atoms with Crippen LogP contribution >= 0.6 is 22.6 Å². The van der Waals surface area contributed by atoms with Crippen molar-refractivity contribution >= 4 is 34.1 Å². The van der Waals surface area contributed by atoms with Crippen LogP contribution in [0.4, 0.5) is 10.1 Å². The van der Waals surface area contributed by atoms with E-state index in [4.69, 9.17) is 10.5 Å². The minimum absolute atomic E-state index is 0.117. The molecule has 2 aromatic rings. The molecule has 0 heterocycles. The van der Waals surface area contributed by atoms with Crippen molar-refractivity contribution in [2.24, 2.45) is 0 Å². The first-order valence-corrected chi connectivity index (χ1v) is 6.54. The highest BCUT2D eigenvalue weighted by atomic mass is 127. The zero-order chi connectivity index (χ0) is 14.0. The van der Waals surface area contributed by atoms with Crippen molar-refractivity contribution in [3.63, 3.8) is 0 Å². The van der Waals surface area contributed by atoms with E-state index in [1.54, 1.807) is 12.1 Å². The quantitative estimate of drug-likeness (QED) is 0.512. The van der Waals surface area contributed by atoms with Gasteiger partial charge in [-0.25, -0.2) is 4.39 Å². The number of hydrogen-bond donors (Lipinski definition) is 1. The number of methoxy groups -OCH3 is 1. The number of hydrogen-bond acceptors (Lipinski definition) is 3. The van der Waals surface area contributed by atoms with Gasteiger partial charge in [0.2, 0.25) is 0 Å². The predicted octanol–water partition coefficient (Wildman–Crippen LogP) is 3.25. The van der Waals surface area contributed by atoms with Crippen molar-refractivity contribution in [2.45, 2.75) is 0 Å². The number of carbonyl (C=O) groups excluding carboxylic acids is 1. The number of nitrogen functional groups attached to an aromatic ring is 1. The van der Waals surface area contributed by atoms with Gasteiger partial charge < -0.3 is 10.5 Å². The molecule has 0 saturated carbocycles. The van der Waals surface area contributed by atoms with E-state index in [1.807, 2.05) is 6.07 Å². The standard InChI is InChI=1S/C14H11FINO2/c1-19-13-5-3-9(16)7-11(13)14(18)10-4-2-8(15)6-12(10)17/h2-7H,17H2,1H3. The molecule has 0 aliphatic heterocycles. The lowest BCUT2D eigenvalue weighted by Gasteiger charge is -2.09. The zero-order valence-electron chi connectivity index (χ0n) is 10.1. The molecular formula is C14H11FINO2. The molecule has 0 amide bonds. The summed E-state index contributed by atoms with van der Waals surface area (Å²) in [5, 5.41) is 0. The maximum Gasteiger partial charge on any atom is 0.198 e. The maximum absolute atomic E-state index is 13.0. The number of nitrogens with two attached hydrogens (primary N) is 1. The van der Waals surface area contributed by atoms with E-state index in [-0.39, 0.29) is 17.0 Å². The van der Waals surface area contributed by atoms with Gasteiger partial charge in [0, 0.05) is 14.8 Å². The second kappa shape index (κ2) is 5.56. The van der Waals surface area contributed by atoms with Crippen molar-refractivity contribution < 1.29 is 13.9 Å². The number of carbonyl (C=O) groups is 1. The summed E-state index contributed by atoms with van der Waals surface area (Å²) >= 11 is 2.11. The summed E-state index contributed by atoms with van der Waals surface area (Å²) in [7, 11) is 1.49. The number of rotatable bonds is 3. The molecule has 0 atom stereocenters. The Balaban J connectivity index is 2.52. The van der Waals surface area contributed by atoms with Crippen LogP contribution in [0.2, 0.25) is 0 Å². The smallest absolute Gasteiger partial charge is 0.198 e. The van der Waals surface area contributed by atoms with Crippen LogP contribution in [0.5, 0.6) is 5.75 Å². The van der Waals surface area contributed by atoms with Gasteiger partial charge in [0.05, 0.1) is 12.7 Å². The van der Waals surface area contributed by atoms with Gasteiger partial charge in [-0.2, -0.15) is 0 Å². The molecule has 2 rings (SSSR count). The molecule has 2 N–H and O–H groups in total. The second-order valence-electron chi connectivity index (χ2n) is 3.91. The molecule has 98 valence electrons. The van der Waals surface area contributed by atoms with Gasteiger partial charge in [0.15, 0.2) is 5.78 Å². The van der Waals surface area contributed by atoms with E-state index < -0.39 is 5.82 Å². The van der Waals surface area contributed by atoms with E-state index in [0.717, 1.165) is 9.64 Å². The van der Waals surface area contributed by atoms with Gasteiger partial charge in [-0.05, 0) is 59.0 Å². The number of ether oxygens (including phenoxy) is 1. The van der Waals surface area contributed by atoms with Gasteiger partial charge in [-0.3, -0.25) is 4.79 Å². The molecule has 5 heteroatoms. The summed E-state index contributed by atoms with van der Waals surface area (Å²) in [5.74, 6) is -0.286. The summed E-state index contributed by atoms with van der Waals surface area (Å²) in [5.41, 5.74) is 6.48. The summed E-state index contributed by atoms with van der Waals surface area (Å²) in [6.07, 6.45) is 0. The highest BCUT2D eigenvalue weighted by molar-refractivity contribution is 14.1. The highest BCUT2D eigenvalue weighted by Gasteiger charge is 2.17. The third kappa shape index (κ3) is 2.86. The van der Waals surface area contributed by atoms with Crippen LogP contribution < -0.4 is 10.5 Å². The third-order valence-electron chi connectivity index (χ3n) is 2.66. The van der Waals surface area contributed by atoms with Gasteiger partial charge >= 0.3 is 0 Å². The molecule has 0 bridgehead atoms. The maximum atomic E-state index is 13.0. The molecule has 0 aromatic heterocycles. The fraction of sp³-hybridized carbons (Fsp3) is 0.0714. The lowest BCUT2D eigenvalue weighted by molar-refractivity contribution is 0.103. The van der Waals surface area contributed by atoms with Crippen molar-refractivity contribution in [3.05, 3.63) is 56.9 Å². The van der Waals surface area contributed by atoms with E-state index in [9.17, 15) is 9.18 Å². The van der Waals surface area contributed by atoms with Crippen molar-refractivity contribution in [3.8, 4) is 5.75 Å². The average molecular weight is 371 g/mol. The molecule has 19 heavy (non-hydrogen) atoms. The Morgan fingerprint density at radius 2 is 1.95 bits per heavy atom. The Bertz CT molecular complexity index is 643. The van der Waals surface area contributed by atoms with Crippen molar-refractivity contribution in [2.75, 3.05) is 12.8 Å². The van der Waals surface area contributed by atoms with E-state index in [1.165, 1.54) is 19.2 Å². The average Bonchev–Trinajstić information content (AvgIpc) is 2.38. The normalized spacial score (nSPS) is 10.3. The second-order valence-corrected chi connectivity index (χ2v) is 5.15. The van der Waals surface area contributed by atoms with E-state index in [2.05, 4.69) is 22.6 Å². The van der Waals surface area contributed by atoms with Gasteiger partial charge in [-0.15, -0.1) is 0 Å². The fourth-order valence-electron chi connectivity index (χ4n) is 1.74. The first-order chi connectivity index (χ1) is 9.02. The predicted molar refractivity (Wildman–Crippen MR) is 80.0 cm³/mol. The van der Waals surface area contributed by atoms with Gasteiger partial charge in [0.25, 0.3) is 0 Å². The van der Waals surface area contributed by atoms with Crippen LogP contribution in [0.1, 0.15) is 15.9 Å². The SMILES string of the molecule is COc1ccc(I)cc1C(=O)c1ccc(F)cc1N. The van der Waals surface area contributed by atoms with Crippen LogP contribution in [0.15, 0.2) is 36.4 Å². The number of halogens is 2. The molecule has 0 aliphatic carbocycles. The van der Waals surface area contributed by atoms with Crippen molar-refractivity contribution in [1.82, 2.24) is 0 Å². The molecule has 0 radical (unpaired) electrons. The largest absolute Gasteiger partial charge is 0.496 e. The number of ketones is 1. The number of anilines is 1. The van der Waals surface area contributed by atoms with E-state index in [0.29, 0.717) is 11.3 Å². The van der Waals surface area contributed by atoms with Crippen LogP contribution in [0.3, 0.4) is 0 Å². The molecule has 0 saturated heterocycles. The molecule has 0 unspecified atom stereocenters. The summed E-state index contributed by atoms with van der Waals surface area (Å²) in [4.78, 5) is 12.4. The van der Waals surface area contributed by atoms with E-state index >= 15 is 0 Å². The van der Waals surface area contributed by atoms with Crippen LogP contribution in [-0.2, 0) is 0 Å². The molecule has 0 aliphatic rings.